The Morgan fingerprint density at radius 2 is 1.93 bits per heavy atom. The fraction of sp³-hybridized carbons (Fsp3) is 0.304. The monoisotopic (exact) mass is 442 g/mol. The third-order valence-electron chi connectivity index (χ3n) is 5.52. The van der Waals surface area contributed by atoms with Crippen LogP contribution in [0.25, 0.3) is 0 Å². The van der Waals surface area contributed by atoms with Gasteiger partial charge in [-0.25, -0.2) is 0 Å². The van der Waals surface area contributed by atoms with E-state index in [1.54, 1.807) is 7.11 Å². The van der Waals surface area contributed by atoms with E-state index in [1.165, 1.54) is 0 Å². The van der Waals surface area contributed by atoms with E-state index in [0.717, 1.165) is 35.2 Å². The van der Waals surface area contributed by atoms with Gasteiger partial charge in [-0.1, -0.05) is 29.8 Å². The molecule has 1 aliphatic carbocycles. The lowest BCUT2D eigenvalue weighted by Crippen LogP contribution is -2.47. The third-order valence-corrected chi connectivity index (χ3v) is 6.17. The molecule has 1 aliphatic heterocycles. The van der Waals surface area contributed by atoms with Gasteiger partial charge in [0.05, 0.1) is 13.2 Å². The molecule has 30 heavy (non-hydrogen) atoms. The van der Waals surface area contributed by atoms with Gasteiger partial charge in [-0.2, -0.15) is 0 Å². The molecule has 5 nitrogen and oxygen atoms in total. The number of halogens is 1. The number of benzene rings is 2. The minimum Gasteiger partial charge on any atom is -0.493 e. The molecular formula is C23H23ClN2O3S. The summed E-state index contributed by atoms with van der Waals surface area (Å²) < 4.78 is 11.5. The summed E-state index contributed by atoms with van der Waals surface area (Å²) >= 11 is 11.4. The number of Topliss-reactive ketones (excluding diaryl/α,β-unsaturated/α-hetero) is 1. The Labute approximate surface area is 186 Å². The summed E-state index contributed by atoms with van der Waals surface area (Å²) in [4.78, 5) is 14.7. The van der Waals surface area contributed by atoms with Crippen LogP contribution in [0.3, 0.4) is 0 Å². The molecule has 1 N–H and O–H groups in total. The van der Waals surface area contributed by atoms with Gasteiger partial charge in [0.1, 0.15) is 6.61 Å². The molecule has 2 aromatic carbocycles. The molecule has 7 heteroatoms. The number of rotatable bonds is 5. The van der Waals surface area contributed by atoms with Gasteiger partial charge in [0.2, 0.25) is 0 Å². The van der Waals surface area contributed by atoms with E-state index in [4.69, 9.17) is 33.3 Å². The number of nitrogens with one attached hydrogen (secondary N) is 1. The van der Waals surface area contributed by atoms with Crippen molar-refractivity contribution in [3.63, 3.8) is 0 Å². The lowest BCUT2D eigenvalue weighted by molar-refractivity contribution is -0.116. The van der Waals surface area contributed by atoms with Gasteiger partial charge < -0.3 is 19.7 Å². The highest BCUT2D eigenvalue weighted by Crippen LogP contribution is 2.39. The second-order valence-corrected chi connectivity index (χ2v) is 8.23. The first-order valence-corrected chi connectivity index (χ1v) is 10.6. The second-order valence-electron chi connectivity index (χ2n) is 7.40. The zero-order chi connectivity index (χ0) is 21.3. The van der Waals surface area contributed by atoms with Crippen molar-refractivity contribution in [2.45, 2.75) is 31.9 Å². The van der Waals surface area contributed by atoms with Gasteiger partial charge in [0, 0.05) is 29.8 Å². The predicted molar refractivity (Wildman–Crippen MR) is 121 cm³/mol. The van der Waals surface area contributed by atoms with Crippen molar-refractivity contribution >= 4 is 34.7 Å². The molecule has 4 rings (SSSR count). The highest BCUT2D eigenvalue weighted by Gasteiger charge is 2.36. The summed E-state index contributed by atoms with van der Waals surface area (Å²) in [7, 11) is 3.52. The smallest absolute Gasteiger partial charge is 0.173 e. The molecule has 0 radical (unpaired) electrons. The van der Waals surface area contributed by atoms with E-state index in [9.17, 15) is 4.79 Å². The van der Waals surface area contributed by atoms with Crippen LogP contribution in [-0.2, 0) is 11.4 Å². The lowest BCUT2D eigenvalue weighted by Gasteiger charge is -2.39. The first-order valence-electron chi connectivity index (χ1n) is 9.83. The summed E-state index contributed by atoms with van der Waals surface area (Å²) in [6, 6.07) is 13.0. The zero-order valence-electron chi connectivity index (χ0n) is 16.9. The number of methoxy groups -OCH3 is 1. The van der Waals surface area contributed by atoms with Gasteiger partial charge in [-0.3, -0.25) is 4.79 Å². The van der Waals surface area contributed by atoms with Crippen molar-refractivity contribution < 1.29 is 14.3 Å². The third kappa shape index (κ3) is 4.02. The summed E-state index contributed by atoms with van der Waals surface area (Å²) in [5.74, 6) is 1.42. The van der Waals surface area contributed by atoms with Crippen molar-refractivity contribution in [3.05, 3.63) is 69.9 Å². The van der Waals surface area contributed by atoms with Crippen molar-refractivity contribution in [1.29, 1.82) is 0 Å². The average molecular weight is 443 g/mol. The highest BCUT2D eigenvalue weighted by atomic mass is 35.5. The van der Waals surface area contributed by atoms with Gasteiger partial charge in [-0.05, 0) is 60.5 Å². The Kier molecular flexibility index (Phi) is 5.97. The normalized spacial score (nSPS) is 18.8. The van der Waals surface area contributed by atoms with Gasteiger partial charge in [-0.15, -0.1) is 0 Å². The number of carbonyl (C=O) groups is 1. The number of allylic oxidation sites excluding steroid dienone is 1. The van der Waals surface area contributed by atoms with Crippen LogP contribution in [-0.4, -0.2) is 30.0 Å². The van der Waals surface area contributed by atoms with Crippen LogP contribution in [0.1, 0.15) is 36.4 Å². The van der Waals surface area contributed by atoms with Gasteiger partial charge in [0.15, 0.2) is 22.4 Å². The molecule has 0 amide bonds. The minimum atomic E-state index is -0.282. The average Bonchev–Trinajstić information content (AvgIpc) is 2.76. The summed E-state index contributed by atoms with van der Waals surface area (Å²) in [6.45, 7) is 0.400. The Bertz CT molecular complexity index is 1020. The second kappa shape index (κ2) is 8.66. The van der Waals surface area contributed by atoms with Crippen LogP contribution in [0.15, 0.2) is 53.7 Å². The zero-order valence-corrected chi connectivity index (χ0v) is 18.5. The summed E-state index contributed by atoms with van der Waals surface area (Å²) in [6.07, 6.45) is 2.28. The largest absolute Gasteiger partial charge is 0.493 e. The number of nitrogens with zero attached hydrogens (tertiary/aromatic N) is 1. The number of ether oxygens (including phenoxy) is 2. The van der Waals surface area contributed by atoms with Gasteiger partial charge >= 0.3 is 0 Å². The first kappa shape index (κ1) is 20.7. The Balaban J connectivity index is 1.61. The quantitative estimate of drug-likeness (QED) is 0.671. The number of thiocarbonyl (C=S) groups is 1. The van der Waals surface area contributed by atoms with Crippen LogP contribution in [0.5, 0.6) is 11.5 Å². The van der Waals surface area contributed by atoms with E-state index < -0.39 is 0 Å². The summed E-state index contributed by atoms with van der Waals surface area (Å²) in [5.41, 5.74) is 3.75. The molecule has 0 aromatic heterocycles. The Morgan fingerprint density at radius 1 is 1.17 bits per heavy atom. The molecular weight excluding hydrogens is 420 g/mol. The van der Waals surface area contributed by atoms with Crippen LogP contribution in [0.2, 0.25) is 5.02 Å². The van der Waals surface area contributed by atoms with Crippen molar-refractivity contribution in [2.24, 2.45) is 0 Å². The van der Waals surface area contributed by atoms with Crippen LogP contribution in [0.4, 0.5) is 0 Å². The molecule has 0 bridgehead atoms. The molecule has 0 saturated heterocycles. The molecule has 0 saturated carbocycles. The summed E-state index contributed by atoms with van der Waals surface area (Å²) in [5, 5.41) is 4.63. The number of hydrogen-bond acceptors (Lipinski definition) is 4. The topological polar surface area (TPSA) is 50.8 Å². The van der Waals surface area contributed by atoms with E-state index in [2.05, 4.69) is 5.32 Å². The molecule has 2 aromatic rings. The Hall–Kier alpha value is -2.57. The highest BCUT2D eigenvalue weighted by molar-refractivity contribution is 7.80. The molecule has 0 fully saturated rings. The van der Waals surface area contributed by atoms with Crippen LogP contribution < -0.4 is 14.8 Å². The SMILES string of the molecule is COc1cc(C2NC(=S)N(C)C3=C2C(=O)CCC3)ccc1OCc1ccc(Cl)cc1. The molecule has 1 heterocycles. The van der Waals surface area contributed by atoms with E-state index in [-0.39, 0.29) is 11.8 Å². The maximum Gasteiger partial charge on any atom is 0.173 e. The maximum absolute atomic E-state index is 12.7. The van der Waals surface area contributed by atoms with Crippen molar-refractivity contribution in [3.8, 4) is 11.5 Å². The van der Waals surface area contributed by atoms with E-state index in [1.807, 2.05) is 54.4 Å². The van der Waals surface area contributed by atoms with Crippen molar-refractivity contribution in [2.75, 3.05) is 14.2 Å². The lowest BCUT2D eigenvalue weighted by atomic mass is 9.85. The van der Waals surface area contributed by atoms with Crippen LogP contribution >= 0.6 is 23.8 Å². The molecule has 156 valence electrons. The maximum atomic E-state index is 12.7. The molecule has 1 atom stereocenters. The fourth-order valence-electron chi connectivity index (χ4n) is 3.91. The number of ketones is 1. The fourth-order valence-corrected chi connectivity index (χ4v) is 4.27. The number of hydrogen-bond donors (Lipinski definition) is 1. The molecule has 1 unspecified atom stereocenters. The molecule has 0 spiro atoms. The van der Waals surface area contributed by atoms with Gasteiger partial charge in [0.25, 0.3) is 0 Å². The van der Waals surface area contributed by atoms with Crippen molar-refractivity contribution in [1.82, 2.24) is 10.2 Å². The van der Waals surface area contributed by atoms with Crippen LogP contribution in [0, 0.1) is 0 Å². The predicted octanol–water partition coefficient (Wildman–Crippen LogP) is 4.80. The first-order chi connectivity index (χ1) is 14.5. The minimum absolute atomic E-state index is 0.171. The Morgan fingerprint density at radius 3 is 2.67 bits per heavy atom. The molecule has 2 aliphatic rings. The number of carbonyl (C=O) groups excluding carboxylic acids is 1. The van der Waals surface area contributed by atoms with E-state index >= 15 is 0 Å². The van der Waals surface area contributed by atoms with E-state index in [0.29, 0.717) is 34.7 Å². The standard InChI is InChI=1S/C23H23ClN2O3S/c1-26-17-4-3-5-18(27)21(17)22(25-23(26)30)15-8-11-19(20(12-15)28-2)29-13-14-6-9-16(24)10-7-14/h6-12,22H,3-5,13H2,1-2H3,(H,25,30).